The fourth-order valence-electron chi connectivity index (χ4n) is 2.15. The number of ether oxygens (including phenoxy) is 1. The summed E-state index contributed by atoms with van der Waals surface area (Å²) in [6.45, 7) is 0. The smallest absolute Gasteiger partial charge is 0.416 e. The van der Waals surface area contributed by atoms with Crippen LogP contribution in [0.2, 0.25) is 5.02 Å². The molecule has 1 aliphatic heterocycles. The van der Waals surface area contributed by atoms with E-state index >= 15 is 0 Å². The van der Waals surface area contributed by atoms with Crippen LogP contribution in [0.3, 0.4) is 0 Å². The highest BCUT2D eigenvalue weighted by Crippen LogP contribution is 2.37. The van der Waals surface area contributed by atoms with Crippen LogP contribution in [0.1, 0.15) is 17.2 Å². The summed E-state index contributed by atoms with van der Waals surface area (Å²) in [6, 6.07) is 9.03. The molecule has 0 bridgehead atoms. The van der Waals surface area contributed by atoms with Gasteiger partial charge < -0.3 is 10.1 Å². The Kier molecular flexibility index (Phi) is 3.48. The zero-order valence-electron chi connectivity index (χ0n) is 10.9. The van der Waals surface area contributed by atoms with Gasteiger partial charge in [-0.3, -0.25) is 4.79 Å². The average Bonchev–Trinajstić information content (AvgIpc) is 2.45. The molecule has 1 atom stereocenters. The maximum Gasteiger partial charge on any atom is 0.416 e. The van der Waals surface area contributed by atoms with Crippen molar-refractivity contribution in [3.8, 4) is 5.75 Å². The minimum Gasteiger partial charge on any atom is -0.474 e. The number of halogens is 4. The molecule has 2 aromatic rings. The normalized spacial score (nSPS) is 17.5. The second kappa shape index (κ2) is 5.21. The van der Waals surface area contributed by atoms with Gasteiger partial charge in [-0.15, -0.1) is 0 Å². The van der Waals surface area contributed by atoms with E-state index < -0.39 is 23.8 Å². The molecule has 114 valence electrons. The van der Waals surface area contributed by atoms with Crippen molar-refractivity contribution < 1.29 is 22.7 Å². The SMILES string of the molecule is O=C1Nc2cc(Cl)ccc2OC1c1ccc(C(F)(F)F)cc1. The lowest BCUT2D eigenvalue weighted by atomic mass is 10.0. The summed E-state index contributed by atoms with van der Waals surface area (Å²) in [7, 11) is 0. The number of carbonyl (C=O) groups is 1. The molecule has 3 rings (SSSR count). The predicted molar refractivity (Wildman–Crippen MR) is 74.9 cm³/mol. The number of alkyl halides is 3. The summed E-state index contributed by atoms with van der Waals surface area (Å²) in [4.78, 5) is 12.0. The Hall–Kier alpha value is -2.21. The van der Waals surface area contributed by atoms with Crippen molar-refractivity contribution in [2.45, 2.75) is 12.3 Å². The Balaban J connectivity index is 1.89. The van der Waals surface area contributed by atoms with Crippen LogP contribution < -0.4 is 10.1 Å². The topological polar surface area (TPSA) is 38.3 Å². The number of benzene rings is 2. The van der Waals surface area contributed by atoms with E-state index in [1.165, 1.54) is 18.2 Å². The van der Waals surface area contributed by atoms with Gasteiger partial charge in [0, 0.05) is 10.6 Å². The number of nitrogens with one attached hydrogen (secondary N) is 1. The fourth-order valence-corrected chi connectivity index (χ4v) is 2.32. The van der Waals surface area contributed by atoms with Gasteiger partial charge in [0.15, 0.2) is 0 Å². The molecule has 3 nitrogen and oxygen atoms in total. The fraction of sp³-hybridized carbons (Fsp3) is 0.133. The van der Waals surface area contributed by atoms with Gasteiger partial charge in [0.1, 0.15) is 5.75 Å². The molecule has 22 heavy (non-hydrogen) atoms. The van der Waals surface area contributed by atoms with Gasteiger partial charge in [-0.05, 0) is 30.3 Å². The molecule has 0 radical (unpaired) electrons. The molecule has 7 heteroatoms. The molecule has 0 saturated heterocycles. The van der Waals surface area contributed by atoms with Gasteiger partial charge in [-0.1, -0.05) is 23.7 Å². The van der Waals surface area contributed by atoms with Crippen molar-refractivity contribution >= 4 is 23.2 Å². The third kappa shape index (κ3) is 2.74. The van der Waals surface area contributed by atoms with E-state index in [0.29, 0.717) is 22.0 Å². The first-order valence-electron chi connectivity index (χ1n) is 6.29. The van der Waals surface area contributed by atoms with Crippen LogP contribution in [0.4, 0.5) is 18.9 Å². The molecule has 1 heterocycles. The van der Waals surface area contributed by atoms with Gasteiger partial charge in [-0.25, -0.2) is 0 Å². The Morgan fingerprint density at radius 2 is 1.77 bits per heavy atom. The summed E-state index contributed by atoms with van der Waals surface area (Å²) in [5.74, 6) is -0.0524. The third-order valence-electron chi connectivity index (χ3n) is 3.22. The van der Waals surface area contributed by atoms with Crippen molar-refractivity contribution in [2.24, 2.45) is 0 Å². The van der Waals surface area contributed by atoms with Crippen LogP contribution in [0.5, 0.6) is 5.75 Å². The Morgan fingerprint density at radius 3 is 2.41 bits per heavy atom. The first kappa shape index (κ1) is 14.7. The van der Waals surface area contributed by atoms with Gasteiger partial charge in [0.2, 0.25) is 6.10 Å². The molecule has 2 aromatic carbocycles. The number of carbonyl (C=O) groups excluding carboxylic acids is 1. The maximum absolute atomic E-state index is 12.6. The molecule has 0 aromatic heterocycles. The summed E-state index contributed by atoms with van der Waals surface area (Å²) in [6.07, 6.45) is -5.42. The third-order valence-corrected chi connectivity index (χ3v) is 3.46. The van der Waals surface area contributed by atoms with Gasteiger partial charge in [0.25, 0.3) is 5.91 Å². The largest absolute Gasteiger partial charge is 0.474 e. The van der Waals surface area contributed by atoms with Crippen LogP contribution >= 0.6 is 11.6 Å². The van der Waals surface area contributed by atoms with E-state index in [-0.39, 0.29) is 0 Å². The summed E-state index contributed by atoms with van der Waals surface area (Å²) >= 11 is 5.82. The van der Waals surface area contributed by atoms with Crippen molar-refractivity contribution in [2.75, 3.05) is 5.32 Å². The summed E-state index contributed by atoms with van der Waals surface area (Å²) < 4.78 is 43.2. The first-order chi connectivity index (χ1) is 10.3. The molecule has 0 saturated carbocycles. The number of anilines is 1. The molecule has 0 fully saturated rings. The number of hydrogen-bond donors (Lipinski definition) is 1. The van der Waals surface area contributed by atoms with E-state index in [1.807, 2.05) is 0 Å². The average molecular weight is 328 g/mol. The van der Waals surface area contributed by atoms with E-state index in [4.69, 9.17) is 16.3 Å². The minimum absolute atomic E-state index is 0.339. The minimum atomic E-state index is -4.42. The van der Waals surface area contributed by atoms with Crippen LogP contribution in [0, 0.1) is 0 Å². The zero-order chi connectivity index (χ0) is 15.9. The maximum atomic E-state index is 12.6. The standard InChI is InChI=1S/C15H9ClF3NO2/c16-10-5-6-12-11(7-10)20-14(21)13(22-12)8-1-3-9(4-2-8)15(17,18)19/h1-7,13H,(H,20,21). The van der Waals surface area contributed by atoms with Crippen molar-refractivity contribution in [1.82, 2.24) is 0 Å². The lowest BCUT2D eigenvalue weighted by Crippen LogP contribution is -2.30. The van der Waals surface area contributed by atoms with Gasteiger partial charge in [-0.2, -0.15) is 13.2 Å². The molecule has 0 aliphatic carbocycles. The number of hydrogen-bond acceptors (Lipinski definition) is 2. The highest BCUT2D eigenvalue weighted by molar-refractivity contribution is 6.31. The molecule has 0 spiro atoms. The monoisotopic (exact) mass is 327 g/mol. The summed E-state index contributed by atoms with van der Waals surface area (Å²) in [5, 5.41) is 3.06. The van der Waals surface area contributed by atoms with E-state index in [1.54, 1.807) is 12.1 Å². The van der Waals surface area contributed by atoms with Crippen LogP contribution in [0.25, 0.3) is 0 Å². The van der Waals surface area contributed by atoms with Gasteiger partial charge >= 0.3 is 6.18 Å². The predicted octanol–water partition coefficient (Wildman–Crippen LogP) is 4.43. The Morgan fingerprint density at radius 1 is 1.09 bits per heavy atom. The Bertz CT molecular complexity index is 729. The van der Waals surface area contributed by atoms with E-state index in [9.17, 15) is 18.0 Å². The highest BCUT2D eigenvalue weighted by Gasteiger charge is 2.32. The quantitative estimate of drug-likeness (QED) is 0.841. The van der Waals surface area contributed by atoms with Gasteiger partial charge in [0.05, 0.1) is 11.3 Å². The first-order valence-corrected chi connectivity index (χ1v) is 6.66. The van der Waals surface area contributed by atoms with Crippen molar-refractivity contribution in [3.63, 3.8) is 0 Å². The van der Waals surface area contributed by atoms with E-state index in [0.717, 1.165) is 12.1 Å². The summed E-state index contributed by atoms with van der Waals surface area (Å²) in [5.41, 5.74) is -0.00795. The molecular formula is C15H9ClF3NO2. The molecule has 1 aliphatic rings. The second-order valence-corrected chi connectivity index (χ2v) is 5.18. The van der Waals surface area contributed by atoms with Crippen LogP contribution in [-0.2, 0) is 11.0 Å². The number of rotatable bonds is 1. The van der Waals surface area contributed by atoms with Crippen molar-refractivity contribution in [1.29, 1.82) is 0 Å². The molecular weight excluding hydrogens is 319 g/mol. The van der Waals surface area contributed by atoms with Crippen LogP contribution in [0.15, 0.2) is 42.5 Å². The second-order valence-electron chi connectivity index (χ2n) is 4.75. The Labute approximate surface area is 128 Å². The molecule has 1 N–H and O–H groups in total. The highest BCUT2D eigenvalue weighted by atomic mass is 35.5. The number of fused-ring (bicyclic) bond motifs is 1. The number of amides is 1. The molecule has 1 unspecified atom stereocenters. The lowest BCUT2D eigenvalue weighted by molar-refractivity contribution is -0.137. The van der Waals surface area contributed by atoms with Crippen molar-refractivity contribution in [3.05, 3.63) is 58.6 Å². The lowest BCUT2D eigenvalue weighted by Gasteiger charge is -2.26. The van der Waals surface area contributed by atoms with E-state index in [2.05, 4.69) is 5.32 Å². The molecule has 1 amide bonds. The van der Waals surface area contributed by atoms with Crippen LogP contribution in [-0.4, -0.2) is 5.91 Å². The zero-order valence-corrected chi connectivity index (χ0v) is 11.7.